The minimum absolute atomic E-state index is 0.745. The van der Waals surface area contributed by atoms with Gasteiger partial charge in [0.2, 0.25) is 0 Å². The third-order valence-corrected chi connectivity index (χ3v) is 4.14. The highest BCUT2D eigenvalue weighted by Crippen LogP contribution is 2.20. The molecular formula is C15H18BrN3. The molecule has 0 atom stereocenters. The molecule has 0 spiro atoms. The molecule has 1 aliphatic rings. The highest BCUT2D eigenvalue weighted by molar-refractivity contribution is 9.10. The van der Waals surface area contributed by atoms with Crippen LogP contribution in [0.3, 0.4) is 0 Å². The van der Waals surface area contributed by atoms with E-state index in [-0.39, 0.29) is 0 Å². The average molecular weight is 320 g/mol. The van der Waals surface area contributed by atoms with Crippen LogP contribution in [0.15, 0.2) is 34.9 Å². The first-order valence-electron chi connectivity index (χ1n) is 6.71. The number of aromatic nitrogens is 2. The quantitative estimate of drug-likeness (QED) is 0.916. The van der Waals surface area contributed by atoms with Crippen LogP contribution in [0.1, 0.15) is 29.7 Å². The van der Waals surface area contributed by atoms with Crippen molar-refractivity contribution in [2.75, 3.05) is 0 Å². The Kier molecular flexibility index (Phi) is 3.71. The SMILES string of the molecule is Cc1c(CNC2CC2)cnn1Cc1ccc(Br)cc1. The Labute approximate surface area is 122 Å². The monoisotopic (exact) mass is 319 g/mol. The van der Waals surface area contributed by atoms with Crippen LogP contribution in [0.4, 0.5) is 0 Å². The fourth-order valence-electron chi connectivity index (χ4n) is 2.12. The van der Waals surface area contributed by atoms with Crippen molar-refractivity contribution in [1.29, 1.82) is 0 Å². The summed E-state index contributed by atoms with van der Waals surface area (Å²) in [5.74, 6) is 0. The predicted octanol–water partition coefficient (Wildman–Crippen LogP) is 3.25. The molecule has 1 saturated carbocycles. The lowest BCUT2D eigenvalue weighted by molar-refractivity contribution is 0.654. The molecule has 100 valence electrons. The molecule has 0 unspecified atom stereocenters. The molecule has 1 fully saturated rings. The lowest BCUT2D eigenvalue weighted by Gasteiger charge is -2.06. The van der Waals surface area contributed by atoms with Gasteiger partial charge in [-0.25, -0.2) is 0 Å². The lowest BCUT2D eigenvalue weighted by Crippen LogP contribution is -2.15. The Balaban J connectivity index is 1.68. The highest BCUT2D eigenvalue weighted by Gasteiger charge is 2.20. The third kappa shape index (κ3) is 3.25. The van der Waals surface area contributed by atoms with Gasteiger partial charge in [-0.05, 0) is 37.5 Å². The number of rotatable bonds is 5. The van der Waals surface area contributed by atoms with Gasteiger partial charge in [-0.1, -0.05) is 28.1 Å². The van der Waals surface area contributed by atoms with E-state index in [4.69, 9.17) is 0 Å². The van der Waals surface area contributed by atoms with Gasteiger partial charge < -0.3 is 5.32 Å². The van der Waals surface area contributed by atoms with Gasteiger partial charge in [0.1, 0.15) is 0 Å². The van der Waals surface area contributed by atoms with E-state index in [0.29, 0.717) is 0 Å². The van der Waals surface area contributed by atoms with Crippen molar-refractivity contribution in [3.8, 4) is 0 Å². The summed E-state index contributed by atoms with van der Waals surface area (Å²) in [6.45, 7) is 3.93. The molecule has 0 radical (unpaired) electrons. The zero-order chi connectivity index (χ0) is 13.2. The molecule has 1 heterocycles. The minimum Gasteiger partial charge on any atom is -0.310 e. The summed E-state index contributed by atoms with van der Waals surface area (Å²) in [6, 6.07) is 9.16. The molecule has 0 saturated heterocycles. The van der Waals surface area contributed by atoms with E-state index in [1.165, 1.54) is 29.7 Å². The molecule has 1 aliphatic carbocycles. The van der Waals surface area contributed by atoms with Crippen LogP contribution in [0.25, 0.3) is 0 Å². The summed E-state index contributed by atoms with van der Waals surface area (Å²) in [4.78, 5) is 0. The van der Waals surface area contributed by atoms with E-state index in [9.17, 15) is 0 Å². The number of hydrogen-bond donors (Lipinski definition) is 1. The van der Waals surface area contributed by atoms with Gasteiger partial charge in [0, 0.05) is 28.3 Å². The first-order valence-corrected chi connectivity index (χ1v) is 7.51. The first kappa shape index (κ1) is 12.9. The van der Waals surface area contributed by atoms with Gasteiger partial charge in [-0.3, -0.25) is 4.68 Å². The number of nitrogens with one attached hydrogen (secondary N) is 1. The van der Waals surface area contributed by atoms with Crippen molar-refractivity contribution in [3.05, 3.63) is 51.8 Å². The van der Waals surface area contributed by atoms with Crippen LogP contribution < -0.4 is 5.32 Å². The van der Waals surface area contributed by atoms with Crippen LogP contribution in [0.2, 0.25) is 0 Å². The Hall–Kier alpha value is -1.13. The molecule has 0 aliphatic heterocycles. The summed E-state index contributed by atoms with van der Waals surface area (Å²) in [5, 5.41) is 8.04. The minimum atomic E-state index is 0.745. The van der Waals surface area contributed by atoms with E-state index in [1.807, 2.05) is 6.20 Å². The van der Waals surface area contributed by atoms with Crippen LogP contribution in [0.5, 0.6) is 0 Å². The number of hydrogen-bond acceptors (Lipinski definition) is 2. The molecule has 3 rings (SSSR count). The second kappa shape index (κ2) is 5.47. The molecule has 1 N–H and O–H groups in total. The van der Waals surface area contributed by atoms with Crippen molar-refractivity contribution in [3.63, 3.8) is 0 Å². The summed E-state index contributed by atoms with van der Waals surface area (Å²) in [5.41, 5.74) is 3.84. The van der Waals surface area contributed by atoms with Gasteiger partial charge >= 0.3 is 0 Å². The zero-order valence-electron chi connectivity index (χ0n) is 11.1. The first-order chi connectivity index (χ1) is 9.22. The lowest BCUT2D eigenvalue weighted by atomic mass is 10.2. The van der Waals surface area contributed by atoms with Crippen molar-refractivity contribution in [2.24, 2.45) is 0 Å². The molecule has 0 amide bonds. The summed E-state index contributed by atoms with van der Waals surface area (Å²) < 4.78 is 3.19. The summed E-state index contributed by atoms with van der Waals surface area (Å²) in [7, 11) is 0. The summed E-state index contributed by atoms with van der Waals surface area (Å²) in [6.07, 6.45) is 4.64. The summed E-state index contributed by atoms with van der Waals surface area (Å²) >= 11 is 3.46. The van der Waals surface area contributed by atoms with Crippen LogP contribution in [-0.2, 0) is 13.1 Å². The highest BCUT2D eigenvalue weighted by atomic mass is 79.9. The molecule has 2 aromatic rings. The fourth-order valence-corrected chi connectivity index (χ4v) is 2.39. The smallest absolute Gasteiger partial charge is 0.0662 e. The maximum Gasteiger partial charge on any atom is 0.0662 e. The van der Waals surface area contributed by atoms with Gasteiger partial charge in [-0.15, -0.1) is 0 Å². The van der Waals surface area contributed by atoms with Crippen LogP contribution >= 0.6 is 15.9 Å². The average Bonchev–Trinajstić information content (AvgIpc) is 3.17. The Morgan fingerprint density at radius 1 is 1.32 bits per heavy atom. The topological polar surface area (TPSA) is 29.9 Å². The van der Waals surface area contributed by atoms with Crippen molar-refractivity contribution >= 4 is 15.9 Å². The standard InChI is InChI=1S/C15H18BrN3/c1-11-13(8-17-15-6-7-15)9-18-19(11)10-12-2-4-14(16)5-3-12/h2-5,9,15,17H,6-8,10H2,1H3. The Bertz CT molecular complexity index is 555. The Morgan fingerprint density at radius 2 is 2.05 bits per heavy atom. The van der Waals surface area contributed by atoms with E-state index >= 15 is 0 Å². The molecular weight excluding hydrogens is 302 g/mol. The maximum atomic E-state index is 4.50. The molecule has 19 heavy (non-hydrogen) atoms. The predicted molar refractivity (Wildman–Crippen MR) is 80.1 cm³/mol. The van der Waals surface area contributed by atoms with Crippen molar-refractivity contribution in [1.82, 2.24) is 15.1 Å². The van der Waals surface area contributed by atoms with Gasteiger partial charge in [0.05, 0.1) is 12.7 Å². The third-order valence-electron chi connectivity index (χ3n) is 3.61. The van der Waals surface area contributed by atoms with Gasteiger partial charge in [0.25, 0.3) is 0 Å². The number of nitrogens with zero attached hydrogens (tertiary/aromatic N) is 2. The molecule has 1 aromatic heterocycles. The van der Waals surface area contributed by atoms with E-state index in [1.54, 1.807) is 0 Å². The fraction of sp³-hybridized carbons (Fsp3) is 0.400. The zero-order valence-corrected chi connectivity index (χ0v) is 12.7. The maximum absolute atomic E-state index is 4.50. The van der Waals surface area contributed by atoms with Crippen molar-refractivity contribution in [2.45, 2.75) is 38.9 Å². The second-order valence-corrected chi connectivity index (χ2v) is 6.11. The van der Waals surface area contributed by atoms with Crippen LogP contribution in [0, 0.1) is 6.92 Å². The van der Waals surface area contributed by atoms with Gasteiger partial charge in [-0.2, -0.15) is 5.10 Å². The second-order valence-electron chi connectivity index (χ2n) is 5.19. The normalized spacial score (nSPS) is 14.8. The Morgan fingerprint density at radius 3 is 2.74 bits per heavy atom. The van der Waals surface area contributed by atoms with E-state index in [2.05, 4.69) is 62.2 Å². The van der Waals surface area contributed by atoms with E-state index in [0.717, 1.165) is 23.6 Å². The molecule has 4 heteroatoms. The largest absolute Gasteiger partial charge is 0.310 e. The van der Waals surface area contributed by atoms with Crippen molar-refractivity contribution < 1.29 is 0 Å². The molecule has 0 bridgehead atoms. The van der Waals surface area contributed by atoms with Crippen LogP contribution in [-0.4, -0.2) is 15.8 Å². The number of halogens is 1. The van der Waals surface area contributed by atoms with E-state index < -0.39 is 0 Å². The molecule has 1 aromatic carbocycles. The van der Waals surface area contributed by atoms with Gasteiger partial charge in [0.15, 0.2) is 0 Å². The molecule has 3 nitrogen and oxygen atoms in total. The number of benzene rings is 1.